The predicted octanol–water partition coefficient (Wildman–Crippen LogP) is 6.00. The van der Waals surface area contributed by atoms with Gasteiger partial charge in [-0.25, -0.2) is 9.37 Å². The third-order valence-corrected chi connectivity index (χ3v) is 5.79. The van der Waals surface area contributed by atoms with Crippen molar-refractivity contribution in [1.29, 1.82) is 0 Å². The Labute approximate surface area is 152 Å². The molecule has 0 amide bonds. The topological polar surface area (TPSA) is 25.8 Å². The highest BCUT2D eigenvalue weighted by Crippen LogP contribution is 2.36. The van der Waals surface area contributed by atoms with Crippen molar-refractivity contribution in [3.8, 4) is 21.8 Å². The van der Waals surface area contributed by atoms with Crippen molar-refractivity contribution < 1.29 is 5.82 Å². The smallest absolute Gasteiger partial charge is 0.141 e. The van der Waals surface area contributed by atoms with Crippen LogP contribution in [0.1, 0.15) is 30.9 Å². The van der Waals surface area contributed by atoms with Crippen molar-refractivity contribution in [3.63, 3.8) is 0 Å². The van der Waals surface area contributed by atoms with E-state index in [0.29, 0.717) is 0 Å². The molecule has 0 radical (unpaired) electrons. The van der Waals surface area contributed by atoms with Crippen LogP contribution in [0.2, 0.25) is 0 Å². The molecule has 0 unspecified atom stereocenters. The van der Waals surface area contributed by atoms with Crippen LogP contribution in [0.15, 0.2) is 48.2 Å². The number of hydrogen-bond donors (Lipinski definition) is 0. The van der Waals surface area contributed by atoms with Gasteiger partial charge in [0.05, 0.1) is 17.6 Å². The molecule has 2 aromatic heterocycles. The van der Waals surface area contributed by atoms with Gasteiger partial charge in [-0.2, -0.15) is 0 Å². The lowest BCUT2D eigenvalue weighted by Crippen LogP contribution is -1.91. The molecule has 25 heavy (non-hydrogen) atoms. The Hall–Kier alpha value is -2.33. The summed E-state index contributed by atoms with van der Waals surface area (Å²) in [6.45, 7) is 4.29. The van der Waals surface area contributed by atoms with Crippen LogP contribution in [0.4, 0.5) is 4.39 Å². The van der Waals surface area contributed by atoms with Crippen molar-refractivity contribution in [1.82, 2.24) is 9.97 Å². The second-order valence-electron chi connectivity index (χ2n) is 6.49. The molecule has 1 aliphatic rings. The summed E-state index contributed by atoms with van der Waals surface area (Å²) in [6.07, 6.45) is 6.68. The van der Waals surface area contributed by atoms with E-state index in [1.165, 1.54) is 28.4 Å². The molecule has 4 rings (SSSR count). The largest absolute Gasteiger partial charge is 0.253 e. The average Bonchev–Trinajstić information content (AvgIpc) is 2.90. The number of aromatic nitrogens is 2. The highest BCUT2D eigenvalue weighted by molar-refractivity contribution is 7.15. The van der Waals surface area contributed by atoms with Crippen molar-refractivity contribution >= 4 is 11.3 Å². The standard InChI is InChI=1S/C21H19FN2S.H2/c1-13-5-3-8-19-20(11-13)25-21(24-19)17-7-4-6-16(14(17)2)18-10-9-15(22)12-23-18;/h4-7,9-10,12H,3,8,11H2,1-2H3;1H. The highest BCUT2D eigenvalue weighted by atomic mass is 32.1. The van der Waals surface area contributed by atoms with Crippen molar-refractivity contribution in [2.24, 2.45) is 0 Å². The number of rotatable bonds is 2. The Morgan fingerprint density at radius 1 is 1.12 bits per heavy atom. The second kappa shape index (κ2) is 6.52. The lowest BCUT2D eigenvalue weighted by molar-refractivity contribution is 0.622. The molecule has 128 valence electrons. The molecule has 0 saturated carbocycles. The maximum atomic E-state index is 13.2. The van der Waals surface area contributed by atoms with Gasteiger partial charge in [-0.1, -0.05) is 29.8 Å². The van der Waals surface area contributed by atoms with Crippen LogP contribution < -0.4 is 0 Å². The highest BCUT2D eigenvalue weighted by Gasteiger charge is 2.17. The number of pyridine rings is 1. The van der Waals surface area contributed by atoms with Crippen LogP contribution in [0.3, 0.4) is 0 Å². The fourth-order valence-corrected chi connectivity index (χ4v) is 4.58. The Kier molecular flexibility index (Phi) is 4.22. The van der Waals surface area contributed by atoms with E-state index in [1.54, 1.807) is 17.4 Å². The molecule has 4 heteroatoms. The zero-order chi connectivity index (χ0) is 17.4. The number of nitrogens with zero attached hydrogens (tertiary/aromatic N) is 2. The molecular formula is C21H21FN2S. The zero-order valence-corrected chi connectivity index (χ0v) is 15.2. The van der Waals surface area contributed by atoms with E-state index in [0.717, 1.165) is 46.7 Å². The maximum Gasteiger partial charge on any atom is 0.141 e. The van der Waals surface area contributed by atoms with E-state index < -0.39 is 0 Å². The molecule has 0 fully saturated rings. The summed E-state index contributed by atoms with van der Waals surface area (Å²) in [6, 6.07) is 9.36. The van der Waals surface area contributed by atoms with Gasteiger partial charge < -0.3 is 0 Å². The monoisotopic (exact) mass is 352 g/mol. The lowest BCUT2D eigenvalue weighted by Gasteiger charge is -2.09. The van der Waals surface area contributed by atoms with Gasteiger partial charge in [0, 0.05) is 23.9 Å². The van der Waals surface area contributed by atoms with Gasteiger partial charge >= 0.3 is 0 Å². The molecule has 1 aliphatic carbocycles. The molecule has 3 aromatic rings. The lowest BCUT2D eigenvalue weighted by atomic mass is 10.00. The number of aryl methyl sites for hydroxylation is 1. The molecule has 0 spiro atoms. The molecule has 0 atom stereocenters. The quantitative estimate of drug-likeness (QED) is 0.529. The first-order valence-corrected chi connectivity index (χ1v) is 9.29. The first-order chi connectivity index (χ1) is 12.1. The number of thiazole rings is 1. The Morgan fingerprint density at radius 3 is 2.76 bits per heavy atom. The number of allylic oxidation sites excluding steroid dienone is 2. The number of benzene rings is 1. The molecule has 0 N–H and O–H groups in total. The third-order valence-electron chi connectivity index (χ3n) is 4.66. The fraction of sp³-hybridized carbons (Fsp3) is 0.238. The van der Waals surface area contributed by atoms with Crippen LogP contribution in [-0.2, 0) is 12.8 Å². The zero-order valence-electron chi connectivity index (χ0n) is 14.3. The minimum absolute atomic E-state index is 0. The van der Waals surface area contributed by atoms with E-state index in [1.807, 2.05) is 12.1 Å². The van der Waals surface area contributed by atoms with E-state index in [4.69, 9.17) is 4.98 Å². The first kappa shape index (κ1) is 16.2. The summed E-state index contributed by atoms with van der Waals surface area (Å²) >= 11 is 1.79. The van der Waals surface area contributed by atoms with E-state index in [2.05, 4.69) is 31.0 Å². The molecule has 0 bridgehead atoms. The summed E-state index contributed by atoms with van der Waals surface area (Å²) in [5, 5.41) is 1.07. The van der Waals surface area contributed by atoms with Gasteiger partial charge in [0.15, 0.2) is 0 Å². The minimum Gasteiger partial charge on any atom is -0.253 e. The average molecular weight is 352 g/mol. The minimum atomic E-state index is -0.315. The van der Waals surface area contributed by atoms with Crippen molar-refractivity contribution in [3.05, 3.63) is 70.1 Å². The summed E-state index contributed by atoms with van der Waals surface area (Å²) in [5.41, 5.74) is 6.76. The summed E-state index contributed by atoms with van der Waals surface area (Å²) in [4.78, 5) is 10.5. The number of fused-ring (bicyclic) bond motifs is 1. The van der Waals surface area contributed by atoms with E-state index in [-0.39, 0.29) is 7.24 Å². The van der Waals surface area contributed by atoms with E-state index in [9.17, 15) is 4.39 Å². The second-order valence-corrected chi connectivity index (χ2v) is 7.58. The number of halogens is 1. The van der Waals surface area contributed by atoms with Gasteiger partial charge in [-0.15, -0.1) is 11.3 Å². The van der Waals surface area contributed by atoms with E-state index >= 15 is 0 Å². The van der Waals surface area contributed by atoms with Gasteiger partial charge in [0.1, 0.15) is 10.8 Å². The Balaban J connectivity index is 0.00000196. The van der Waals surface area contributed by atoms with Crippen LogP contribution in [0.25, 0.3) is 21.8 Å². The van der Waals surface area contributed by atoms with Gasteiger partial charge in [-0.05, 0) is 44.4 Å². The summed E-state index contributed by atoms with van der Waals surface area (Å²) in [5.74, 6) is -0.315. The molecule has 2 heterocycles. The molecule has 1 aromatic carbocycles. The van der Waals surface area contributed by atoms with Crippen molar-refractivity contribution in [2.45, 2.75) is 33.1 Å². The van der Waals surface area contributed by atoms with Crippen LogP contribution in [-0.4, -0.2) is 9.97 Å². The Bertz CT molecular complexity index is 961. The van der Waals surface area contributed by atoms with Gasteiger partial charge in [-0.3, -0.25) is 4.98 Å². The normalized spacial score (nSPS) is 14.0. The molecule has 2 nitrogen and oxygen atoms in total. The predicted molar refractivity (Wildman–Crippen MR) is 103 cm³/mol. The molecular weight excluding hydrogens is 331 g/mol. The summed E-state index contributed by atoms with van der Waals surface area (Å²) in [7, 11) is 0. The van der Waals surface area contributed by atoms with Gasteiger partial charge in [0.25, 0.3) is 0 Å². The SMILES string of the molecule is CC1=CCCc2nc(-c3cccc(-c4ccc(F)cn4)c3C)sc2C1.[HH]. The van der Waals surface area contributed by atoms with Crippen molar-refractivity contribution in [2.75, 3.05) is 0 Å². The Morgan fingerprint density at radius 2 is 1.96 bits per heavy atom. The van der Waals surface area contributed by atoms with Crippen LogP contribution in [0.5, 0.6) is 0 Å². The molecule has 0 saturated heterocycles. The molecule has 0 aliphatic heterocycles. The fourth-order valence-electron chi connectivity index (χ4n) is 3.29. The first-order valence-electron chi connectivity index (χ1n) is 8.48. The number of hydrogen-bond acceptors (Lipinski definition) is 3. The van der Waals surface area contributed by atoms with Gasteiger partial charge in [0.2, 0.25) is 0 Å². The maximum absolute atomic E-state index is 13.2. The van der Waals surface area contributed by atoms with Crippen LogP contribution in [0, 0.1) is 12.7 Å². The third kappa shape index (κ3) is 3.14. The summed E-state index contributed by atoms with van der Waals surface area (Å²) < 4.78 is 13.2. The van der Waals surface area contributed by atoms with Crippen LogP contribution >= 0.6 is 11.3 Å².